The number of amides is 3. The van der Waals surface area contributed by atoms with E-state index in [0.29, 0.717) is 0 Å². The maximum Gasteiger partial charge on any atom is 0.313 e. The highest BCUT2D eigenvalue weighted by atomic mass is 19.2. The van der Waals surface area contributed by atoms with Crippen molar-refractivity contribution in [1.29, 1.82) is 0 Å². The SMILES string of the molecule is CC(C)[C@H](NC(=O)C(=O)Nc1ccc(O)cc1)C(=O)NC(CC(=O)O)C(=O)COc1c(F)c(F)cc(F)c1F. The second kappa shape index (κ2) is 13.2. The van der Waals surface area contributed by atoms with Crippen LogP contribution in [0.25, 0.3) is 0 Å². The molecule has 1 unspecified atom stereocenters. The van der Waals surface area contributed by atoms with Gasteiger partial charge in [0.1, 0.15) is 24.4 Å². The molecule has 0 aliphatic rings. The topological polar surface area (TPSA) is 171 Å². The molecule has 3 amide bonds. The first kappa shape index (κ1) is 30.5. The monoisotopic (exact) mass is 557 g/mol. The summed E-state index contributed by atoms with van der Waals surface area (Å²) in [5, 5.41) is 24.8. The summed E-state index contributed by atoms with van der Waals surface area (Å²) >= 11 is 0. The van der Waals surface area contributed by atoms with Gasteiger partial charge in [0.25, 0.3) is 0 Å². The lowest BCUT2D eigenvalue weighted by Gasteiger charge is -2.24. The number of benzene rings is 2. The first-order valence-corrected chi connectivity index (χ1v) is 11.1. The van der Waals surface area contributed by atoms with Crippen molar-refractivity contribution in [3.8, 4) is 11.5 Å². The number of carboxylic acids is 1. The van der Waals surface area contributed by atoms with Crippen LogP contribution in [0.3, 0.4) is 0 Å². The van der Waals surface area contributed by atoms with Crippen LogP contribution >= 0.6 is 0 Å². The predicted molar refractivity (Wildman–Crippen MR) is 124 cm³/mol. The number of aromatic hydroxyl groups is 1. The van der Waals surface area contributed by atoms with Gasteiger partial charge >= 0.3 is 17.8 Å². The summed E-state index contributed by atoms with van der Waals surface area (Å²) in [5.74, 6) is -16.2. The molecule has 5 N–H and O–H groups in total. The zero-order valence-electron chi connectivity index (χ0n) is 20.4. The fraction of sp³-hybridized carbons (Fsp3) is 0.292. The highest BCUT2D eigenvalue weighted by molar-refractivity contribution is 6.40. The molecule has 0 fully saturated rings. The van der Waals surface area contributed by atoms with Gasteiger partial charge in [0.05, 0.1) is 6.42 Å². The number of phenolic OH excluding ortho intramolecular Hbond substituents is 1. The lowest BCUT2D eigenvalue weighted by atomic mass is 10.0. The number of hydrogen-bond donors (Lipinski definition) is 5. The predicted octanol–water partition coefficient (Wildman–Crippen LogP) is 1.64. The van der Waals surface area contributed by atoms with Gasteiger partial charge in [-0.25, -0.2) is 8.78 Å². The smallest absolute Gasteiger partial charge is 0.313 e. The molecule has 0 aliphatic heterocycles. The van der Waals surface area contributed by atoms with Crippen LogP contribution in [0.1, 0.15) is 20.3 Å². The minimum absolute atomic E-state index is 0.0852. The summed E-state index contributed by atoms with van der Waals surface area (Å²) in [4.78, 5) is 61.1. The Hall–Kier alpha value is -4.69. The third-order valence-electron chi connectivity index (χ3n) is 5.08. The molecule has 2 aromatic rings. The number of hydrogen-bond acceptors (Lipinski definition) is 7. The molecule has 210 valence electrons. The standard InChI is InChI=1S/C24H23F4N3O8/c1-10(2)20(31-24(38)23(37)29-11-3-5-12(32)6-4-11)22(36)30-15(8-17(34)35)16(33)9-39-21-18(27)13(25)7-14(26)19(21)28/h3-7,10,15,20,32H,8-9H2,1-2H3,(H,29,37)(H,30,36)(H,31,38)(H,34,35)/t15?,20-/m0/s1. The number of anilines is 1. The number of halogens is 4. The zero-order valence-corrected chi connectivity index (χ0v) is 20.4. The Morgan fingerprint density at radius 1 is 0.897 bits per heavy atom. The fourth-order valence-electron chi connectivity index (χ4n) is 3.08. The van der Waals surface area contributed by atoms with E-state index in [-0.39, 0.29) is 17.5 Å². The van der Waals surface area contributed by atoms with Crippen molar-refractivity contribution in [3.63, 3.8) is 0 Å². The average molecular weight is 557 g/mol. The second-order valence-electron chi connectivity index (χ2n) is 8.41. The first-order chi connectivity index (χ1) is 18.2. The van der Waals surface area contributed by atoms with E-state index in [9.17, 15) is 46.6 Å². The Morgan fingerprint density at radius 2 is 1.46 bits per heavy atom. The Labute approximate surface area is 218 Å². The number of aliphatic carboxylic acids is 1. The summed E-state index contributed by atoms with van der Waals surface area (Å²) in [7, 11) is 0. The molecule has 0 radical (unpaired) electrons. The van der Waals surface area contributed by atoms with Crippen LogP contribution in [0.15, 0.2) is 30.3 Å². The summed E-state index contributed by atoms with van der Waals surface area (Å²) in [6, 6.07) is 1.69. The van der Waals surface area contributed by atoms with Crippen molar-refractivity contribution in [3.05, 3.63) is 53.6 Å². The molecular formula is C24H23F4N3O8. The van der Waals surface area contributed by atoms with Gasteiger partial charge < -0.3 is 30.9 Å². The molecule has 0 aromatic heterocycles. The number of nitrogens with one attached hydrogen (secondary N) is 3. The molecule has 0 aliphatic carbocycles. The number of rotatable bonds is 11. The van der Waals surface area contributed by atoms with Crippen LogP contribution < -0.4 is 20.7 Å². The number of Topliss-reactive ketones (excluding diaryl/α,β-unsaturated/α-hetero) is 1. The fourth-order valence-corrected chi connectivity index (χ4v) is 3.08. The molecule has 39 heavy (non-hydrogen) atoms. The van der Waals surface area contributed by atoms with Gasteiger partial charge in [-0.1, -0.05) is 13.8 Å². The lowest BCUT2D eigenvalue weighted by molar-refractivity contribution is -0.141. The van der Waals surface area contributed by atoms with E-state index in [0.717, 1.165) is 0 Å². The normalized spacial score (nSPS) is 12.3. The van der Waals surface area contributed by atoms with Gasteiger partial charge in [0, 0.05) is 11.8 Å². The maximum absolute atomic E-state index is 13.8. The molecule has 0 heterocycles. The van der Waals surface area contributed by atoms with Crippen LogP contribution in [0, 0.1) is 29.2 Å². The van der Waals surface area contributed by atoms with Crippen LogP contribution in [0.4, 0.5) is 23.2 Å². The molecular weight excluding hydrogens is 534 g/mol. The number of ketones is 1. The third-order valence-corrected chi connectivity index (χ3v) is 5.08. The van der Waals surface area contributed by atoms with Crippen LogP contribution in [0.2, 0.25) is 0 Å². The van der Waals surface area contributed by atoms with Crippen LogP contribution in [-0.4, -0.2) is 58.4 Å². The van der Waals surface area contributed by atoms with Gasteiger partial charge in [-0.3, -0.25) is 24.0 Å². The quantitative estimate of drug-likeness (QED) is 0.120. The highest BCUT2D eigenvalue weighted by Crippen LogP contribution is 2.26. The first-order valence-electron chi connectivity index (χ1n) is 11.1. The van der Waals surface area contributed by atoms with Gasteiger partial charge in [-0.2, -0.15) is 8.78 Å². The molecule has 0 spiro atoms. The van der Waals surface area contributed by atoms with Crippen LogP contribution in [-0.2, 0) is 24.0 Å². The molecule has 0 saturated heterocycles. The zero-order chi connectivity index (χ0) is 29.4. The largest absolute Gasteiger partial charge is 0.508 e. The van der Waals surface area contributed by atoms with E-state index in [2.05, 4.69) is 20.7 Å². The van der Waals surface area contributed by atoms with E-state index in [1.165, 1.54) is 38.1 Å². The van der Waals surface area contributed by atoms with Gasteiger partial charge in [0.15, 0.2) is 23.2 Å². The molecule has 2 aromatic carbocycles. The van der Waals surface area contributed by atoms with E-state index in [1.807, 2.05) is 0 Å². The van der Waals surface area contributed by atoms with E-state index in [1.54, 1.807) is 0 Å². The number of phenols is 1. The third kappa shape index (κ3) is 8.41. The van der Waals surface area contributed by atoms with E-state index < -0.39 is 89.5 Å². The molecule has 15 heteroatoms. The Bertz CT molecular complexity index is 1240. The average Bonchev–Trinajstić information content (AvgIpc) is 2.86. The highest BCUT2D eigenvalue weighted by Gasteiger charge is 2.32. The minimum Gasteiger partial charge on any atom is -0.508 e. The Kier molecular flexibility index (Phi) is 10.3. The number of ether oxygens (including phenoxy) is 1. The number of carbonyl (C=O) groups excluding carboxylic acids is 4. The van der Waals surface area contributed by atoms with Crippen molar-refractivity contribution in [2.24, 2.45) is 5.92 Å². The van der Waals surface area contributed by atoms with Gasteiger partial charge in [-0.15, -0.1) is 0 Å². The Morgan fingerprint density at radius 3 is 1.97 bits per heavy atom. The van der Waals surface area contributed by atoms with Crippen molar-refractivity contribution >= 4 is 35.2 Å². The Balaban J connectivity index is 2.11. The van der Waals surface area contributed by atoms with E-state index >= 15 is 0 Å². The van der Waals surface area contributed by atoms with Crippen LogP contribution in [0.5, 0.6) is 11.5 Å². The summed E-state index contributed by atoms with van der Waals surface area (Å²) in [6.45, 7) is 1.63. The number of carbonyl (C=O) groups is 5. The maximum atomic E-state index is 13.8. The summed E-state index contributed by atoms with van der Waals surface area (Å²) in [6.07, 6.45) is -1.03. The molecule has 2 rings (SSSR count). The molecule has 0 saturated carbocycles. The van der Waals surface area contributed by atoms with Crippen molar-refractivity contribution in [2.45, 2.75) is 32.4 Å². The molecule has 0 bridgehead atoms. The lowest BCUT2D eigenvalue weighted by Crippen LogP contribution is -2.56. The summed E-state index contributed by atoms with van der Waals surface area (Å²) in [5.41, 5.74) is 0.150. The van der Waals surface area contributed by atoms with Gasteiger partial charge in [-0.05, 0) is 30.2 Å². The molecule has 2 atom stereocenters. The molecule has 11 nitrogen and oxygen atoms in total. The van der Waals surface area contributed by atoms with E-state index in [4.69, 9.17) is 5.11 Å². The van der Waals surface area contributed by atoms with Crippen molar-refractivity contribution < 1.29 is 56.5 Å². The van der Waals surface area contributed by atoms with Crippen molar-refractivity contribution in [2.75, 3.05) is 11.9 Å². The number of carboxylic acid groups (broad SMARTS) is 1. The van der Waals surface area contributed by atoms with Gasteiger partial charge in [0.2, 0.25) is 17.5 Å². The summed E-state index contributed by atoms with van der Waals surface area (Å²) < 4.78 is 58.8. The van der Waals surface area contributed by atoms with Crippen molar-refractivity contribution in [1.82, 2.24) is 10.6 Å². The second-order valence-corrected chi connectivity index (χ2v) is 8.41. The minimum atomic E-state index is -1.94.